The SMILES string of the molecule is Fc1cccnc1COC1CCCCO1. The smallest absolute Gasteiger partial charge is 0.158 e. The van der Waals surface area contributed by atoms with Gasteiger partial charge in [-0.15, -0.1) is 0 Å². The van der Waals surface area contributed by atoms with Gasteiger partial charge in [-0.25, -0.2) is 4.39 Å². The Balaban J connectivity index is 1.84. The van der Waals surface area contributed by atoms with E-state index in [-0.39, 0.29) is 18.7 Å². The van der Waals surface area contributed by atoms with Gasteiger partial charge in [0.1, 0.15) is 11.5 Å². The minimum atomic E-state index is -0.326. The molecule has 1 aliphatic heterocycles. The van der Waals surface area contributed by atoms with Crippen molar-refractivity contribution in [1.82, 2.24) is 4.98 Å². The van der Waals surface area contributed by atoms with Gasteiger partial charge in [-0.2, -0.15) is 0 Å². The fourth-order valence-electron chi connectivity index (χ4n) is 1.54. The van der Waals surface area contributed by atoms with Gasteiger partial charge in [0.25, 0.3) is 0 Å². The van der Waals surface area contributed by atoms with E-state index >= 15 is 0 Å². The van der Waals surface area contributed by atoms with E-state index in [1.165, 1.54) is 6.07 Å². The number of nitrogens with zero attached hydrogens (tertiary/aromatic N) is 1. The molecule has 0 amide bonds. The number of hydrogen-bond donors (Lipinski definition) is 0. The Bertz CT molecular complexity index is 313. The third-order valence-corrected chi connectivity index (χ3v) is 2.38. The minimum absolute atomic E-state index is 0.178. The number of rotatable bonds is 3. The van der Waals surface area contributed by atoms with Crippen LogP contribution in [0.1, 0.15) is 25.0 Å². The topological polar surface area (TPSA) is 31.4 Å². The summed E-state index contributed by atoms with van der Waals surface area (Å²) in [6, 6.07) is 2.95. The van der Waals surface area contributed by atoms with Crippen molar-refractivity contribution >= 4 is 0 Å². The third kappa shape index (κ3) is 2.97. The first-order chi connectivity index (χ1) is 7.36. The van der Waals surface area contributed by atoms with Gasteiger partial charge in [0.15, 0.2) is 6.29 Å². The summed E-state index contributed by atoms with van der Waals surface area (Å²) in [5.41, 5.74) is 0.340. The van der Waals surface area contributed by atoms with Crippen LogP contribution in [-0.4, -0.2) is 17.9 Å². The van der Waals surface area contributed by atoms with Crippen LogP contribution in [-0.2, 0) is 16.1 Å². The molecule has 0 saturated carbocycles. The quantitative estimate of drug-likeness (QED) is 0.768. The molecule has 1 fully saturated rings. The molecule has 2 heterocycles. The molecular formula is C11H14FNO2. The Morgan fingerprint density at radius 2 is 2.47 bits per heavy atom. The zero-order valence-electron chi connectivity index (χ0n) is 8.49. The Morgan fingerprint density at radius 1 is 1.53 bits per heavy atom. The van der Waals surface area contributed by atoms with Gasteiger partial charge in [-0.05, 0) is 31.4 Å². The summed E-state index contributed by atoms with van der Waals surface area (Å²) in [4.78, 5) is 3.91. The number of aromatic nitrogens is 1. The average molecular weight is 211 g/mol. The zero-order valence-corrected chi connectivity index (χ0v) is 8.49. The molecule has 1 saturated heterocycles. The molecule has 0 radical (unpaired) electrons. The van der Waals surface area contributed by atoms with Crippen LogP contribution < -0.4 is 0 Å². The molecule has 15 heavy (non-hydrogen) atoms. The molecule has 1 aliphatic rings. The van der Waals surface area contributed by atoms with Crippen molar-refractivity contribution in [3.05, 3.63) is 29.8 Å². The first kappa shape index (κ1) is 10.5. The number of pyridine rings is 1. The van der Waals surface area contributed by atoms with E-state index in [1.807, 2.05) is 0 Å². The minimum Gasteiger partial charge on any atom is -0.353 e. The second-order valence-electron chi connectivity index (χ2n) is 3.54. The molecule has 4 heteroatoms. The van der Waals surface area contributed by atoms with Crippen LogP contribution >= 0.6 is 0 Å². The first-order valence-corrected chi connectivity index (χ1v) is 5.19. The summed E-state index contributed by atoms with van der Waals surface area (Å²) in [7, 11) is 0. The van der Waals surface area contributed by atoms with E-state index in [1.54, 1.807) is 12.3 Å². The molecule has 0 bridgehead atoms. The molecular weight excluding hydrogens is 197 g/mol. The molecule has 0 aliphatic carbocycles. The predicted octanol–water partition coefficient (Wildman–Crippen LogP) is 2.26. The highest BCUT2D eigenvalue weighted by Crippen LogP contribution is 2.15. The normalized spacial score (nSPS) is 21.5. The molecule has 3 nitrogen and oxygen atoms in total. The second-order valence-corrected chi connectivity index (χ2v) is 3.54. The van der Waals surface area contributed by atoms with Crippen molar-refractivity contribution in [3.63, 3.8) is 0 Å². The van der Waals surface area contributed by atoms with Gasteiger partial charge in [0.05, 0.1) is 6.61 Å². The molecule has 2 rings (SSSR count). The summed E-state index contributed by atoms with van der Waals surface area (Å²) in [5, 5.41) is 0. The van der Waals surface area contributed by atoms with Gasteiger partial charge in [-0.3, -0.25) is 4.98 Å². The highest BCUT2D eigenvalue weighted by atomic mass is 19.1. The van der Waals surface area contributed by atoms with Crippen LogP contribution in [0.4, 0.5) is 4.39 Å². The summed E-state index contributed by atoms with van der Waals surface area (Å²) < 4.78 is 24.0. The molecule has 1 atom stereocenters. The lowest BCUT2D eigenvalue weighted by molar-refractivity contribution is -0.169. The fraction of sp³-hybridized carbons (Fsp3) is 0.545. The molecule has 1 aromatic rings. The Kier molecular flexibility index (Phi) is 3.64. The van der Waals surface area contributed by atoms with Crippen LogP contribution in [0.2, 0.25) is 0 Å². The highest BCUT2D eigenvalue weighted by Gasteiger charge is 2.15. The van der Waals surface area contributed by atoms with E-state index in [2.05, 4.69) is 4.98 Å². The first-order valence-electron chi connectivity index (χ1n) is 5.19. The lowest BCUT2D eigenvalue weighted by Crippen LogP contribution is -2.22. The fourth-order valence-corrected chi connectivity index (χ4v) is 1.54. The van der Waals surface area contributed by atoms with E-state index in [9.17, 15) is 4.39 Å². The van der Waals surface area contributed by atoms with Gasteiger partial charge < -0.3 is 9.47 Å². The largest absolute Gasteiger partial charge is 0.353 e. The zero-order chi connectivity index (χ0) is 10.5. The lowest BCUT2D eigenvalue weighted by Gasteiger charge is -2.22. The van der Waals surface area contributed by atoms with Crippen molar-refractivity contribution in [1.29, 1.82) is 0 Å². The maximum Gasteiger partial charge on any atom is 0.158 e. The molecule has 0 aromatic carbocycles. The van der Waals surface area contributed by atoms with Gasteiger partial charge in [-0.1, -0.05) is 0 Å². The maximum atomic E-state index is 13.2. The molecule has 0 N–H and O–H groups in total. The Hall–Kier alpha value is -1.00. The number of halogens is 1. The average Bonchev–Trinajstić information content (AvgIpc) is 2.29. The lowest BCUT2D eigenvalue weighted by atomic mass is 10.2. The van der Waals surface area contributed by atoms with Gasteiger partial charge in [0.2, 0.25) is 0 Å². The standard InChI is InChI=1S/C11H14FNO2/c12-9-4-3-6-13-10(9)8-15-11-5-1-2-7-14-11/h3-4,6,11H,1-2,5,7-8H2. The van der Waals surface area contributed by atoms with Crippen LogP contribution in [0.25, 0.3) is 0 Å². The molecule has 0 spiro atoms. The molecule has 1 unspecified atom stereocenters. The van der Waals surface area contributed by atoms with Crippen LogP contribution in [0.5, 0.6) is 0 Å². The van der Waals surface area contributed by atoms with Gasteiger partial charge >= 0.3 is 0 Å². The van der Waals surface area contributed by atoms with E-state index in [0.717, 1.165) is 25.9 Å². The monoisotopic (exact) mass is 211 g/mol. The van der Waals surface area contributed by atoms with E-state index in [4.69, 9.17) is 9.47 Å². The Morgan fingerprint density at radius 3 is 3.20 bits per heavy atom. The van der Waals surface area contributed by atoms with E-state index < -0.39 is 0 Å². The van der Waals surface area contributed by atoms with E-state index in [0.29, 0.717) is 5.69 Å². The van der Waals surface area contributed by atoms with Crippen molar-refractivity contribution < 1.29 is 13.9 Å². The summed E-state index contributed by atoms with van der Waals surface area (Å²) in [6.07, 6.45) is 4.44. The second kappa shape index (κ2) is 5.19. The summed E-state index contributed by atoms with van der Waals surface area (Å²) in [5.74, 6) is -0.326. The number of ether oxygens (including phenoxy) is 2. The summed E-state index contributed by atoms with van der Waals surface area (Å²) in [6.45, 7) is 0.909. The van der Waals surface area contributed by atoms with Crippen molar-refractivity contribution in [2.75, 3.05) is 6.61 Å². The van der Waals surface area contributed by atoms with Gasteiger partial charge in [0, 0.05) is 12.8 Å². The predicted molar refractivity (Wildman–Crippen MR) is 52.6 cm³/mol. The summed E-state index contributed by atoms with van der Waals surface area (Å²) >= 11 is 0. The van der Waals surface area contributed by atoms with Crippen molar-refractivity contribution in [2.24, 2.45) is 0 Å². The van der Waals surface area contributed by atoms with Crippen molar-refractivity contribution in [3.8, 4) is 0 Å². The molecule has 1 aromatic heterocycles. The van der Waals surface area contributed by atoms with Crippen LogP contribution in [0.15, 0.2) is 18.3 Å². The van der Waals surface area contributed by atoms with Crippen LogP contribution in [0.3, 0.4) is 0 Å². The third-order valence-electron chi connectivity index (χ3n) is 2.38. The maximum absolute atomic E-state index is 13.2. The highest BCUT2D eigenvalue weighted by molar-refractivity contribution is 5.05. The molecule has 82 valence electrons. The van der Waals surface area contributed by atoms with Crippen LogP contribution in [0, 0.1) is 5.82 Å². The Labute approximate surface area is 88.2 Å². The number of hydrogen-bond acceptors (Lipinski definition) is 3. The van der Waals surface area contributed by atoms with Crippen molar-refractivity contribution in [2.45, 2.75) is 32.2 Å².